The number of hydrogen-bond donors (Lipinski definition) is 1. The van der Waals surface area contributed by atoms with E-state index in [1.54, 1.807) is 6.07 Å². The SMILES string of the molecule is CCCCN1CCN(c2nc3c(cc2Cl)c(=O)c(OC(=O)O)cn3C2CC2)CC1. The summed E-state index contributed by atoms with van der Waals surface area (Å²) >= 11 is 6.51. The molecule has 156 valence electrons. The molecule has 1 saturated carbocycles. The van der Waals surface area contributed by atoms with Crippen molar-refractivity contribution in [3.8, 4) is 5.75 Å². The molecule has 0 unspecified atom stereocenters. The zero-order valence-corrected chi connectivity index (χ0v) is 17.2. The van der Waals surface area contributed by atoms with Gasteiger partial charge < -0.3 is 19.3 Å². The van der Waals surface area contributed by atoms with E-state index < -0.39 is 11.6 Å². The van der Waals surface area contributed by atoms with Crippen LogP contribution in [0.3, 0.4) is 0 Å². The van der Waals surface area contributed by atoms with Crippen LogP contribution in [0.25, 0.3) is 11.0 Å². The molecule has 9 heteroatoms. The zero-order chi connectivity index (χ0) is 20.5. The van der Waals surface area contributed by atoms with Gasteiger partial charge in [0.15, 0.2) is 5.75 Å². The van der Waals surface area contributed by atoms with Gasteiger partial charge in [0.05, 0.1) is 16.6 Å². The van der Waals surface area contributed by atoms with Crippen LogP contribution in [-0.2, 0) is 0 Å². The third-order valence-electron chi connectivity index (χ3n) is 5.54. The number of nitrogens with zero attached hydrogens (tertiary/aromatic N) is 4. The fourth-order valence-corrected chi connectivity index (χ4v) is 4.07. The molecule has 2 aliphatic rings. The number of piperazine rings is 1. The molecule has 2 aromatic rings. The molecular weight excluding hydrogens is 396 g/mol. The number of unbranched alkanes of at least 4 members (excludes halogenated alkanes) is 1. The molecule has 0 bridgehead atoms. The van der Waals surface area contributed by atoms with Crippen LogP contribution in [0.15, 0.2) is 17.1 Å². The Labute approximate surface area is 173 Å². The van der Waals surface area contributed by atoms with E-state index in [9.17, 15) is 9.59 Å². The summed E-state index contributed by atoms with van der Waals surface area (Å²) in [5.74, 6) is 0.460. The van der Waals surface area contributed by atoms with Gasteiger partial charge >= 0.3 is 6.16 Å². The van der Waals surface area contributed by atoms with Crippen LogP contribution in [-0.4, -0.2) is 58.4 Å². The number of anilines is 1. The van der Waals surface area contributed by atoms with Gasteiger partial charge in [0.1, 0.15) is 11.5 Å². The summed E-state index contributed by atoms with van der Waals surface area (Å²) in [7, 11) is 0. The Morgan fingerprint density at radius 3 is 2.66 bits per heavy atom. The highest BCUT2D eigenvalue weighted by atomic mass is 35.5. The second kappa shape index (κ2) is 8.20. The molecule has 2 fully saturated rings. The maximum absolute atomic E-state index is 12.7. The first-order valence-corrected chi connectivity index (χ1v) is 10.5. The Kier molecular flexibility index (Phi) is 5.65. The molecule has 29 heavy (non-hydrogen) atoms. The van der Waals surface area contributed by atoms with Crippen LogP contribution >= 0.6 is 11.6 Å². The van der Waals surface area contributed by atoms with Gasteiger partial charge in [0, 0.05) is 32.2 Å². The predicted octanol–water partition coefficient (Wildman–Crippen LogP) is 3.36. The second-order valence-electron chi connectivity index (χ2n) is 7.68. The maximum Gasteiger partial charge on any atom is 0.511 e. The Balaban J connectivity index is 1.69. The quantitative estimate of drug-likeness (QED) is 0.717. The third kappa shape index (κ3) is 4.18. The summed E-state index contributed by atoms with van der Waals surface area (Å²) in [5, 5.41) is 9.61. The Morgan fingerprint density at radius 1 is 1.31 bits per heavy atom. The van der Waals surface area contributed by atoms with Crippen molar-refractivity contribution in [2.24, 2.45) is 0 Å². The molecular formula is C20H25ClN4O4. The highest BCUT2D eigenvalue weighted by molar-refractivity contribution is 6.33. The zero-order valence-electron chi connectivity index (χ0n) is 16.4. The van der Waals surface area contributed by atoms with Gasteiger partial charge in [0.2, 0.25) is 5.43 Å². The lowest BCUT2D eigenvalue weighted by atomic mass is 10.2. The van der Waals surface area contributed by atoms with Gasteiger partial charge in [-0.2, -0.15) is 0 Å². The molecule has 1 aliphatic heterocycles. The summed E-state index contributed by atoms with van der Waals surface area (Å²) in [5.41, 5.74) is 0.0210. The number of aromatic nitrogens is 2. The van der Waals surface area contributed by atoms with E-state index in [1.165, 1.54) is 19.0 Å². The summed E-state index contributed by atoms with van der Waals surface area (Å²) in [6, 6.07) is 1.79. The number of pyridine rings is 2. The highest BCUT2D eigenvalue weighted by Gasteiger charge is 2.28. The Hall–Kier alpha value is -2.32. The van der Waals surface area contributed by atoms with Gasteiger partial charge in [-0.3, -0.25) is 9.69 Å². The van der Waals surface area contributed by atoms with Crippen LogP contribution in [0.5, 0.6) is 5.75 Å². The fourth-order valence-electron chi connectivity index (χ4n) is 3.80. The van der Waals surface area contributed by atoms with Crippen molar-refractivity contribution in [2.45, 2.75) is 38.6 Å². The maximum atomic E-state index is 12.7. The summed E-state index contributed by atoms with van der Waals surface area (Å²) in [4.78, 5) is 33.0. The topological polar surface area (TPSA) is 87.9 Å². The van der Waals surface area contributed by atoms with Crippen LogP contribution < -0.4 is 15.1 Å². The average molecular weight is 421 g/mol. The molecule has 8 nitrogen and oxygen atoms in total. The lowest BCUT2D eigenvalue weighted by Crippen LogP contribution is -2.47. The molecule has 1 aliphatic carbocycles. The van der Waals surface area contributed by atoms with Crippen LogP contribution in [0.4, 0.5) is 10.6 Å². The Bertz CT molecular complexity index is 981. The standard InChI is InChI=1S/C20H25ClN4O4/c1-2-3-6-23-7-9-24(10-8-23)19-15(21)11-14-17(26)16(29-20(27)28)12-25(13-4-5-13)18(14)22-19/h11-13H,2-10H2,1H3,(H,27,28). The van der Waals surface area contributed by atoms with E-state index in [0.717, 1.165) is 45.6 Å². The first-order chi connectivity index (χ1) is 14.0. The van der Waals surface area contributed by atoms with Gasteiger partial charge in [-0.15, -0.1) is 0 Å². The normalized spacial score (nSPS) is 17.7. The van der Waals surface area contributed by atoms with Crippen LogP contribution in [0.1, 0.15) is 38.6 Å². The average Bonchev–Trinajstić information content (AvgIpc) is 3.54. The molecule has 0 radical (unpaired) electrons. The predicted molar refractivity (Wildman–Crippen MR) is 111 cm³/mol. The van der Waals surface area contributed by atoms with Gasteiger partial charge in [-0.1, -0.05) is 24.9 Å². The van der Waals surface area contributed by atoms with E-state index in [-0.39, 0.29) is 17.2 Å². The minimum absolute atomic E-state index is 0.196. The van der Waals surface area contributed by atoms with Crippen LogP contribution in [0, 0.1) is 0 Å². The van der Waals surface area contributed by atoms with Crippen molar-refractivity contribution >= 4 is 34.6 Å². The van der Waals surface area contributed by atoms with E-state index in [2.05, 4.69) is 16.7 Å². The fraction of sp³-hybridized carbons (Fsp3) is 0.550. The molecule has 4 rings (SSSR count). The van der Waals surface area contributed by atoms with Crippen molar-refractivity contribution in [3.63, 3.8) is 0 Å². The van der Waals surface area contributed by atoms with E-state index in [1.807, 2.05) is 4.57 Å². The molecule has 1 saturated heterocycles. The number of hydrogen-bond acceptors (Lipinski definition) is 6. The van der Waals surface area contributed by atoms with Gasteiger partial charge in [-0.25, -0.2) is 9.78 Å². The number of ether oxygens (including phenoxy) is 1. The molecule has 0 aromatic carbocycles. The molecule has 0 atom stereocenters. The molecule has 2 aromatic heterocycles. The van der Waals surface area contributed by atoms with Crippen molar-refractivity contribution in [1.29, 1.82) is 0 Å². The van der Waals surface area contributed by atoms with Crippen molar-refractivity contribution in [3.05, 3.63) is 27.5 Å². The van der Waals surface area contributed by atoms with Crippen molar-refractivity contribution < 1.29 is 14.6 Å². The summed E-state index contributed by atoms with van der Waals surface area (Å²) in [6.07, 6.45) is 4.25. The Morgan fingerprint density at radius 2 is 2.03 bits per heavy atom. The first-order valence-electron chi connectivity index (χ1n) is 10.1. The monoisotopic (exact) mass is 420 g/mol. The second-order valence-corrected chi connectivity index (χ2v) is 8.08. The molecule has 1 N–H and O–H groups in total. The van der Waals surface area contributed by atoms with E-state index >= 15 is 0 Å². The first kappa shape index (κ1) is 20.0. The molecule has 0 amide bonds. The summed E-state index contributed by atoms with van der Waals surface area (Å²) < 4.78 is 6.55. The molecule has 0 spiro atoms. The minimum atomic E-state index is -1.51. The molecule has 3 heterocycles. The number of rotatable bonds is 6. The number of fused-ring (bicyclic) bond motifs is 1. The third-order valence-corrected chi connectivity index (χ3v) is 5.82. The van der Waals surface area contributed by atoms with Gasteiger partial charge in [-0.05, 0) is 31.9 Å². The van der Waals surface area contributed by atoms with Gasteiger partial charge in [0.25, 0.3) is 0 Å². The van der Waals surface area contributed by atoms with E-state index in [0.29, 0.717) is 16.5 Å². The number of halogens is 1. The van der Waals surface area contributed by atoms with Crippen molar-refractivity contribution in [2.75, 3.05) is 37.6 Å². The van der Waals surface area contributed by atoms with Crippen molar-refractivity contribution in [1.82, 2.24) is 14.5 Å². The lowest BCUT2D eigenvalue weighted by molar-refractivity contribution is 0.143. The smallest absolute Gasteiger partial charge is 0.449 e. The minimum Gasteiger partial charge on any atom is -0.449 e. The number of carboxylic acid groups (broad SMARTS) is 1. The summed E-state index contributed by atoms with van der Waals surface area (Å²) in [6.45, 7) is 6.87. The lowest BCUT2D eigenvalue weighted by Gasteiger charge is -2.35. The van der Waals surface area contributed by atoms with Crippen LogP contribution in [0.2, 0.25) is 5.02 Å². The highest BCUT2D eigenvalue weighted by Crippen LogP contribution is 2.38. The largest absolute Gasteiger partial charge is 0.511 e. The van der Waals surface area contributed by atoms with E-state index in [4.69, 9.17) is 26.4 Å². The number of carbonyl (C=O) groups is 1.